The van der Waals surface area contributed by atoms with Gasteiger partial charge in [0.1, 0.15) is 0 Å². The highest BCUT2D eigenvalue weighted by molar-refractivity contribution is 7.92. The molecule has 144 valence electrons. The largest absolute Gasteiger partial charge is 0.449 e. The van der Waals surface area contributed by atoms with Gasteiger partial charge in [-0.15, -0.1) is 0 Å². The maximum atomic E-state index is 12.3. The lowest BCUT2D eigenvalue weighted by molar-refractivity contribution is -0.129. The van der Waals surface area contributed by atoms with E-state index < -0.39 is 28.0 Å². The summed E-state index contributed by atoms with van der Waals surface area (Å²) < 4.78 is 30.3. The third-order valence-electron chi connectivity index (χ3n) is 3.65. The third-order valence-corrected chi connectivity index (χ3v) is 4.24. The van der Waals surface area contributed by atoms with Crippen LogP contribution in [0.15, 0.2) is 54.6 Å². The summed E-state index contributed by atoms with van der Waals surface area (Å²) in [5, 5.41) is 2.71. The van der Waals surface area contributed by atoms with E-state index in [2.05, 4.69) is 10.0 Å². The highest BCUT2D eigenvalue weighted by Gasteiger charge is 2.21. The Kier molecular flexibility index (Phi) is 6.95. The molecule has 0 fully saturated rings. The Labute approximate surface area is 158 Å². The van der Waals surface area contributed by atoms with E-state index in [0.29, 0.717) is 13.0 Å². The van der Waals surface area contributed by atoms with Gasteiger partial charge < -0.3 is 10.1 Å². The highest BCUT2D eigenvalue weighted by atomic mass is 32.2. The summed E-state index contributed by atoms with van der Waals surface area (Å²) in [5.41, 5.74) is 1.22. The van der Waals surface area contributed by atoms with Gasteiger partial charge in [0.15, 0.2) is 6.10 Å². The molecule has 2 aromatic rings. The molecule has 0 spiro atoms. The number of amides is 1. The van der Waals surface area contributed by atoms with Gasteiger partial charge in [0, 0.05) is 6.54 Å². The van der Waals surface area contributed by atoms with Crippen molar-refractivity contribution >= 4 is 27.6 Å². The Balaban J connectivity index is 1.92. The molecule has 0 aliphatic carbocycles. The fourth-order valence-corrected chi connectivity index (χ4v) is 2.92. The number of hydrogen-bond donors (Lipinski definition) is 2. The van der Waals surface area contributed by atoms with Gasteiger partial charge in [-0.1, -0.05) is 42.5 Å². The average molecular weight is 390 g/mol. The number of carbonyl (C=O) groups excluding carboxylic acids is 2. The van der Waals surface area contributed by atoms with Crippen LogP contribution in [0.1, 0.15) is 22.8 Å². The summed E-state index contributed by atoms with van der Waals surface area (Å²) in [7, 11) is -3.55. The van der Waals surface area contributed by atoms with Crippen LogP contribution in [0.4, 0.5) is 5.69 Å². The lowest BCUT2D eigenvalue weighted by Gasteiger charge is -2.15. The molecule has 0 saturated carbocycles. The standard InChI is InChI=1S/C19H22N2O5S/c1-14(18(22)20-13-12-15-8-4-3-5-9-15)26-19(23)16-10-6-7-11-17(16)21-27(2,24)25/h3-11,14,21H,12-13H2,1-2H3,(H,20,22)/t14-/m0/s1. The number of benzene rings is 2. The zero-order chi connectivity index (χ0) is 19.9. The van der Waals surface area contributed by atoms with Crippen molar-refractivity contribution in [3.63, 3.8) is 0 Å². The zero-order valence-electron chi connectivity index (χ0n) is 15.1. The van der Waals surface area contributed by atoms with Crippen molar-refractivity contribution in [3.05, 3.63) is 65.7 Å². The Morgan fingerprint density at radius 1 is 1.04 bits per heavy atom. The lowest BCUT2D eigenvalue weighted by Crippen LogP contribution is -2.37. The van der Waals surface area contributed by atoms with Gasteiger partial charge >= 0.3 is 5.97 Å². The van der Waals surface area contributed by atoms with E-state index in [1.54, 1.807) is 12.1 Å². The van der Waals surface area contributed by atoms with Gasteiger partial charge in [-0.25, -0.2) is 13.2 Å². The first-order chi connectivity index (χ1) is 12.8. The molecule has 0 heterocycles. The minimum absolute atomic E-state index is 0.0341. The van der Waals surface area contributed by atoms with E-state index in [9.17, 15) is 18.0 Å². The van der Waals surface area contributed by atoms with Gasteiger partial charge in [-0.05, 0) is 31.0 Å². The molecule has 1 atom stereocenters. The molecule has 0 saturated heterocycles. The van der Waals surface area contributed by atoms with Crippen LogP contribution in [-0.4, -0.2) is 39.2 Å². The Hall–Kier alpha value is -2.87. The molecular formula is C19H22N2O5S. The van der Waals surface area contributed by atoms with Gasteiger partial charge in [0.05, 0.1) is 17.5 Å². The molecule has 0 aromatic heterocycles. The molecule has 7 nitrogen and oxygen atoms in total. The van der Waals surface area contributed by atoms with Crippen molar-refractivity contribution in [1.82, 2.24) is 5.32 Å². The maximum Gasteiger partial charge on any atom is 0.341 e. The molecule has 2 aromatic carbocycles. The lowest BCUT2D eigenvalue weighted by atomic mass is 10.1. The van der Waals surface area contributed by atoms with Crippen molar-refractivity contribution in [3.8, 4) is 0 Å². The summed E-state index contributed by atoms with van der Waals surface area (Å²) in [6.07, 6.45) is 0.631. The summed E-state index contributed by atoms with van der Waals surface area (Å²) >= 11 is 0. The summed E-state index contributed by atoms with van der Waals surface area (Å²) in [5.74, 6) is -1.21. The maximum absolute atomic E-state index is 12.3. The number of hydrogen-bond acceptors (Lipinski definition) is 5. The molecule has 2 N–H and O–H groups in total. The quantitative estimate of drug-likeness (QED) is 0.671. The second-order valence-corrected chi connectivity index (χ2v) is 7.74. The fraction of sp³-hybridized carbons (Fsp3) is 0.263. The van der Waals surface area contributed by atoms with Crippen molar-refractivity contribution < 1.29 is 22.7 Å². The van der Waals surface area contributed by atoms with Crippen molar-refractivity contribution in [1.29, 1.82) is 0 Å². The van der Waals surface area contributed by atoms with Crippen LogP contribution >= 0.6 is 0 Å². The smallest absolute Gasteiger partial charge is 0.341 e. The number of para-hydroxylation sites is 1. The second kappa shape index (κ2) is 9.18. The highest BCUT2D eigenvalue weighted by Crippen LogP contribution is 2.18. The normalized spacial score (nSPS) is 12.1. The van der Waals surface area contributed by atoms with Crippen LogP contribution in [0, 0.1) is 0 Å². The van der Waals surface area contributed by atoms with Gasteiger partial charge in [0.2, 0.25) is 10.0 Å². The van der Waals surface area contributed by atoms with E-state index in [4.69, 9.17) is 4.74 Å². The van der Waals surface area contributed by atoms with Gasteiger partial charge in [0.25, 0.3) is 5.91 Å². The van der Waals surface area contributed by atoms with E-state index in [1.165, 1.54) is 19.1 Å². The number of nitrogens with one attached hydrogen (secondary N) is 2. The topological polar surface area (TPSA) is 102 Å². The predicted octanol–water partition coefficient (Wildman–Crippen LogP) is 1.96. The van der Waals surface area contributed by atoms with E-state index in [0.717, 1.165) is 11.8 Å². The number of rotatable bonds is 8. The number of sulfonamides is 1. The molecule has 2 rings (SSSR count). The summed E-state index contributed by atoms with van der Waals surface area (Å²) in [6.45, 7) is 1.87. The zero-order valence-corrected chi connectivity index (χ0v) is 16.0. The third kappa shape index (κ3) is 6.74. The molecule has 0 unspecified atom stereocenters. The minimum Gasteiger partial charge on any atom is -0.449 e. The first kappa shape index (κ1) is 20.4. The molecule has 0 aliphatic rings. The van der Waals surface area contributed by atoms with Crippen LogP contribution in [0.5, 0.6) is 0 Å². The molecule has 0 radical (unpaired) electrons. The monoisotopic (exact) mass is 390 g/mol. The van der Waals surface area contributed by atoms with Crippen molar-refractivity contribution in [2.45, 2.75) is 19.4 Å². The van der Waals surface area contributed by atoms with Crippen LogP contribution in [0.2, 0.25) is 0 Å². The number of esters is 1. The number of ether oxygens (including phenoxy) is 1. The van der Waals surface area contributed by atoms with E-state index >= 15 is 0 Å². The summed E-state index contributed by atoms with van der Waals surface area (Å²) in [4.78, 5) is 24.4. The molecule has 27 heavy (non-hydrogen) atoms. The SMILES string of the molecule is C[C@H](OC(=O)c1ccccc1NS(C)(=O)=O)C(=O)NCCc1ccccc1. The fourth-order valence-electron chi connectivity index (χ4n) is 2.35. The molecule has 1 amide bonds. The minimum atomic E-state index is -3.55. The van der Waals surface area contributed by atoms with Gasteiger partial charge in [-0.2, -0.15) is 0 Å². The second-order valence-electron chi connectivity index (χ2n) is 5.99. The molecular weight excluding hydrogens is 368 g/mol. The summed E-state index contributed by atoms with van der Waals surface area (Å²) in [6, 6.07) is 15.7. The number of carbonyl (C=O) groups is 2. The van der Waals surface area contributed by atoms with E-state index in [-0.39, 0.29) is 11.3 Å². The van der Waals surface area contributed by atoms with Crippen LogP contribution in [0.3, 0.4) is 0 Å². The van der Waals surface area contributed by atoms with Crippen LogP contribution < -0.4 is 10.0 Å². The molecule has 0 bridgehead atoms. The Morgan fingerprint density at radius 2 is 1.67 bits per heavy atom. The van der Waals surface area contributed by atoms with Crippen molar-refractivity contribution in [2.24, 2.45) is 0 Å². The Bertz CT molecular complexity index is 897. The van der Waals surface area contributed by atoms with E-state index in [1.807, 2.05) is 30.3 Å². The average Bonchev–Trinajstić information content (AvgIpc) is 2.61. The molecule has 8 heteroatoms. The molecule has 0 aliphatic heterocycles. The van der Waals surface area contributed by atoms with Crippen molar-refractivity contribution in [2.75, 3.05) is 17.5 Å². The van der Waals surface area contributed by atoms with Gasteiger partial charge in [-0.3, -0.25) is 9.52 Å². The van der Waals surface area contributed by atoms with Crippen LogP contribution in [-0.2, 0) is 26.0 Å². The van der Waals surface area contributed by atoms with Crippen LogP contribution in [0.25, 0.3) is 0 Å². The number of anilines is 1. The first-order valence-corrected chi connectivity index (χ1v) is 10.2. The predicted molar refractivity (Wildman–Crippen MR) is 103 cm³/mol. The Morgan fingerprint density at radius 3 is 2.33 bits per heavy atom. The first-order valence-electron chi connectivity index (χ1n) is 8.35.